The molecule has 2 amide bonds. The quantitative estimate of drug-likeness (QED) is 0.744. The molecule has 0 aromatic carbocycles. The van der Waals surface area contributed by atoms with Crippen LogP contribution in [0.25, 0.3) is 0 Å². The van der Waals surface area contributed by atoms with Crippen LogP contribution in [0.5, 0.6) is 0 Å². The van der Waals surface area contributed by atoms with Gasteiger partial charge in [-0.15, -0.1) is 0 Å². The Balaban J connectivity index is 2.46. The van der Waals surface area contributed by atoms with E-state index in [1.165, 1.54) is 17.7 Å². The highest BCUT2D eigenvalue weighted by Gasteiger charge is 2.27. The van der Waals surface area contributed by atoms with Crippen molar-refractivity contribution in [1.29, 1.82) is 0 Å². The minimum Gasteiger partial charge on any atom is -0.480 e. The molecule has 92 valence electrons. The van der Waals surface area contributed by atoms with E-state index in [2.05, 4.69) is 0 Å². The van der Waals surface area contributed by atoms with Crippen molar-refractivity contribution in [3.63, 3.8) is 0 Å². The largest absolute Gasteiger partial charge is 0.480 e. The second kappa shape index (κ2) is 5.72. The number of carboxylic acids is 1. The van der Waals surface area contributed by atoms with Gasteiger partial charge in [0.1, 0.15) is 6.54 Å². The third-order valence-electron chi connectivity index (χ3n) is 2.65. The molecule has 0 bridgehead atoms. The maximum Gasteiger partial charge on any atom is 0.323 e. The molecule has 0 radical (unpaired) electrons. The number of amides is 2. The van der Waals surface area contributed by atoms with Gasteiger partial charge in [0.25, 0.3) is 0 Å². The lowest BCUT2D eigenvalue weighted by Crippen LogP contribution is -2.44. The van der Waals surface area contributed by atoms with Crippen LogP contribution in [0.15, 0.2) is 0 Å². The highest BCUT2D eigenvalue weighted by atomic mass is 16.4. The van der Waals surface area contributed by atoms with Crippen LogP contribution >= 0.6 is 0 Å². The highest BCUT2D eigenvalue weighted by molar-refractivity contribution is 5.80. The van der Waals surface area contributed by atoms with Crippen molar-refractivity contribution in [3.05, 3.63) is 0 Å². The molecular weight excluding hydrogens is 208 g/mol. The minimum atomic E-state index is -0.957. The Kier molecular flexibility index (Phi) is 4.58. The molecule has 0 unspecified atom stereocenters. The Morgan fingerprint density at radius 1 is 1.38 bits per heavy atom. The maximum absolute atomic E-state index is 11.9. The number of carboxylic acid groups (broad SMARTS) is 1. The lowest BCUT2D eigenvalue weighted by atomic mass is 10.3. The standard InChI is InChI=1S/C11H20N2O3/c1-3-6-13(8-10(14)15)11(16)12(2)7-9-4-5-9/h9H,3-8H2,1-2H3,(H,14,15). The third kappa shape index (κ3) is 4.08. The number of carbonyl (C=O) groups is 2. The number of rotatable bonds is 6. The SMILES string of the molecule is CCCN(CC(=O)O)C(=O)N(C)CC1CC1. The van der Waals surface area contributed by atoms with Gasteiger partial charge >= 0.3 is 12.0 Å². The number of hydrogen-bond acceptors (Lipinski definition) is 2. The van der Waals surface area contributed by atoms with Crippen LogP contribution in [0, 0.1) is 5.92 Å². The summed E-state index contributed by atoms with van der Waals surface area (Å²) in [5.74, 6) is -0.330. The van der Waals surface area contributed by atoms with E-state index in [9.17, 15) is 9.59 Å². The summed E-state index contributed by atoms with van der Waals surface area (Å²) in [6.07, 6.45) is 3.14. The van der Waals surface area contributed by atoms with Crippen molar-refractivity contribution in [2.45, 2.75) is 26.2 Å². The van der Waals surface area contributed by atoms with Crippen LogP contribution in [-0.4, -0.2) is 53.6 Å². The van der Waals surface area contributed by atoms with Crippen molar-refractivity contribution in [1.82, 2.24) is 9.80 Å². The van der Waals surface area contributed by atoms with Crippen molar-refractivity contribution in [2.75, 3.05) is 26.7 Å². The summed E-state index contributed by atoms with van der Waals surface area (Å²) in [4.78, 5) is 25.6. The number of carbonyl (C=O) groups excluding carboxylic acids is 1. The van der Waals surface area contributed by atoms with Gasteiger partial charge in [0.2, 0.25) is 0 Å². The molecule has 0 spiro atoms. The second-order valence-electron chi connectivity index (χ2n) is 4.42. The van der Waals surface area contributed by atoms with E-state index in [1.807, 2.05) is 6.92 Å². The molecule has 0 heterocycles. The lowest BCUT2D eigenvalue weighted by Gasteiger charge is -2.26. The van der Waals surface area contributed by atoms with Crippen molar-refractivity contribution in [2.24, 2.45) is 5.92 Å². The van der Waals surface area contributed by atoms with Crippen LogP contribution in [0.3, 0.4) is 0 Å². The molecular formula is C11H20N2O3. The minimum absolute atomic E-state index is 0.170. The number of nitrogens with zero attached hydrogens (tertiary/aromatic N) is 2. The van der Waals surface area contributed by atoms with E-state index in [0.29, 0.717) is 12.5 Å². The molecule has 0 atom stereocenters. The molecule has 0 saturated heterocycles. The first-order valence-electron chi connectivity index (χ1n) is 5.76. The molecule has 1 saturated carbocycles. The van der Waals surface area contributed by atoms with Crippen molar-refractivity contribution >= 4 is 12.0 Å². The van der Waals surface area contributed by atoms with Crippen LogP contribution in [0.4, 0.5) is 4.79 Å². The predicted octanol–water partition coefficient (Wildman–Crippen LogP) is 1.24. The van der Waals surface area contributed by atoms with Gasteiger partial charge in [-0.05, 0) is 25.2 Å². The van der Waals surface area contributed by atoms with Crippen LogP contribution < -0.4 is 0 Å². The van der Waals surface area contributed by atoms with E-state index in [4.69, 9.17) is 5.11 Å². The predicted molar refractivity (Wildman–Crippen MR) is 60.2 cm³/mol. The Labute approximate surface area is 96.0 Å². The van der Waals surface area contributed by atoms with Gasteiger partial charge in [-0.1, -0.05) is 6.92 Å². The van der Waals surface area contributed by atoms with Gasteiger partial charge in [0.15, 0.2) is 0 Å². The molecule has 0 aliphatic heterocycles. The fraction of sp³-hybridized carbons (Fsp3) is 0.818. The zero-order chi connectivity index (χ0) is 12.1. The molecule has 1 N–H and O–H groups in total. The summed E-state index contributed by atoms with van der Waals surface area (Å²) in [5, 5.41) is 8.72. The van der Waals surface area contributed by atoms with Gasteiger partial charge in [-0.3, -0.25) is 4.79 Å². The van der Waals surface area contributed by atoms with Gasteiger partial charge in [0.05, 0.1) is 0 Å². The van der Waals surface area contributed by atoms with Crippen LogP contribution in [-0.2, 0) is 4.79 Å². The summed E-state index contributed by atoms with van der Waals surface area (Å²) < 4.78 is 0. The Morgan fingerprint density at radius 2 is 2.00 bits per heavy atom. The smallest absolute Gasteiger partial charge is 0.323 e. The van der Waals surface area contributed by atoms with Crippen LogP contribution in [0.1, 0.15) is 26.2 Å². The molecule has 0 aromatic heterocycles. The summed E-state index contributed by atoms with van der Waals surface area (Å²) in [6.45, 7) is 2.98. The summed E-state index contributed by atoms with van der Waals surface area (Å²) >= 11 is 0. The summed E-state index contributed by atoms with van der Waals surface area (Å²) in [5.41, 5.74) is 0. The van der Waals surface area contributed by atoms with Gasteiger partial charge in [-0.2, -0.15) is 0 Å². The topological polar surface area (TPSA) is 60.9 Å². The van der Waals surface area contributed by atoms with Gasteiger partial charge < -0.3 is 14.9 Å². The lowest BCUT2D eigenvalue weighted by molar-refractivity contribution is -0.137. The maximum atomic E-state index is 11.9. The fourth-order valence-corrected chi connectivity index (χ4v) is 1.68. The van der Waals surface area contributed by atoms with Crippen LogP contribution in [0.2, 0.25) is 0 Å². The van der Waals surface area contributed by atoms with Crippen molar-refractivity contribution in [3.8, 4) is 0 Å². The highest BCUT2D eigenvalue weighted by Crippen LogP contribution is 2.29. The zero-order valence-corrected chi connectivity index (χ0v) is 9.98. The molecule has 1 rings (SSSR count). The summed E-state index contributed by atoms with van der Waals surface area (Å²) in [7, 11) is 1.74. The van der Waals surface area contributed by atoms with Gasteiger partial charge in [-0.25, -0.2) is 4.79 Å². The average molecular weight is 228 g/mol. The number of urea groups is 1. The van der Waals surface area contributed by atoms with E-state index in [1.54, 1.807) is 11.9 Å². The molecule has 1 fully saturated rings. The monoisotopic (exact) mass is 228 g/mol. The second-order valence-corrected chi connectivity index (χ2v) is 4.42. The molecule has 5 nitrogen and oxygen atoms in total. The first kappa shape index (κ1) is 12.8. The zero-order valence-electron chi connectivity index (χ0n) is 9.98. The number of hydrogen-bond donors (Lipinski definition) is 1. The van der Waals surface area contributed by atoms with E-state index in [-0.39, 0.29) is 12.6 Å². The van der Waals surface area contributed by atoms with Gasteiger partial charge in [0, 0.05) is 20.1 Å². The van der Waals surface area contributed by atoms with Crippen molar-refractivity contribution < 1.29 is 14.7 Å². The van der Waals surface area contributed by atoms with E-state index >= 15 is 0 Å². The molecule has 0 aromatic rings. The van der Waals surface area contributed by atoms with E-state index < -0.39 is 5.97 Å². The van der Waals surface area contributed by atoms with E-state index in [0.717, 1.165) is 13.0 Å². The molecule has 1 aliphatic rings. The molecule has 16 heavy (non-hydrogen) atoms. The Hall–Kier alpha value is -1.26. The molecule has 1 aliphatic carbocycles. The Bertz CT molecular complexity index is 264. The third-order valence-corrected chi connectivity index (χ3v) is 2.65. The number of aliphatic carboxylic acids is 1. The average Bonchev–Trinajstić information content (AvgIpc) is 2.99. The normalized spacial score (nSPS) is 14.6. The fourth-order valence-electron chi connectivity index (χ4n) is 1.68. The summed E-state index contributed by atoms with van der Waals surface area (Å²) in [6, 6.07) is -0.170. The first-order chi connectivity index (χ1) is 7.54. The first-order valence-corrected chi connectivity index (χ1v) is 5.76. The molecule has 5 heteroatoms. The Morgan fingerprint density at radius 3 is 2.44 bits per heavy atom.